The molecule has 1 aromatic carbocycles. The molecule has 2 aromatic rings. The number of rotatable bonds is 4. The summed E-state index contributed by atoms with van der Waals surface area (Å²) in [4.78, 5) is 18.3. The van der Waals surface area contributed by atoms with Crippen molar-refractivity contribution < 1.29 is 0 Å². The van der Waals surface area contributed by atoms with Crippen molar-refractivity contribution in [1.82, 2.24) is 9.97 Å². The maximum absolute atomic E-state index is 11.6. The Morgan fingerprint density at radius 1 is 1.33 bits per heavy atom. The molecule has 0 aliphatic heterocycles. The number of nitrogens with one attached hydrogen (secondary N) is 2. The number of halogens is 1. The molecule has 94 valence electrons. The highest BCUT2D eigenvalue weighted by Gasteiger charge is 2.05. The van der Waals surface area contributed by atoms with Crippen LogP contribution in [0.15, 0.2) is 35.1 Å². The normalized spacial score (nSPS) is 10.3. The van der Waals surface area contributed by atoms with Crippen LogP contribution < -0.4 is 10.9 Å². The number of hydrogen-bond acceptors (Lipinski definition) is 3. The molecule has 0 aliphatic rings. The molecule has 0 saturated heterocycles. The fraction of sp³-hybridized carbons (Fsp3) is 0.231. The van der Waals surface area contributed by atoms with Crippen molar-refractivity contribution in [1.29, 1.82) is 0 Å². The molecule has 1 heterocycles. The van der Waals surface area contributed by atoms with Gasteiger partial charge in [0.1, 0.15) is 0 Å². The Kier molecular flexibility index (Phi) is 3.99. The number of benzene rings is 1. The average Bonchev–Trinajstić information content (AvgIpc) is 2.37. The van der Waals surface area contributed by atoms with Gasteiger partial charge in [-0.2, -0.15) is 0 Å². The van der Waals surface area contributed by atoms with E-state index in [2.05, 4.69) is 15.3 Å². The molecule has 0 aliphatic carbocycles. The molecule has 0 spiro atoms. The number of hydrogen-bond donors (Lipinski definition) is 2. The lowest BCUT2D eigenvalue weighted by Crippen LogP contribution is -2.19. The molecule has 1 aromatic heterocycles. The fourth-order valence-corrected chi connectivity index (χ4v) is 1.74. The number of anilines is 1. The standard InChI is InChI=1S/C13H14ClN3O/c1-9-11(14)17-12(13(18)16-9)15-8-7-10-5-3-2-4-6-10/h2-6H,7-8H2,1H3,(H,15,17)(H,16,18). The minimum Gasteiger partial charge on any atom is -0.365 e. The molecule has 0 atom stereocenters. The number of aromatic nitrogens is 2. The third kappa shape index (κ3) is 3.11. The van der Waals surface area contributed by atoms with Crippen molar-refractivity contribution in [2.45, 2.75) is 13.3 Å². The molecule has 0 unspecified atom stereocenters. The van der Waals surface area contributed by atoms with E-state index in [1.54, 1.807) is 6.92 Å². The Balaban J connectivity index is 1.99. The van der Waals surface area contributed by atoms with Gasteiger partial charge in [-0.25, -0.2) is 4.98 Å². The van der Waals surface area contributed by atoms with Crippen LogP contribution >= 0.6 is 11.6 Å². The highest BCUT2D eigenvalue weighted by molar-refractivity contribution is 6.30. The second kappa shape index (κ2) is 5.69. The lowest BCUT2D eigenvalue weighted by atomic mass is 10.1. The first kappa shape index (κ1) is 12.6. The summed E-state index contributed by atoms with van der Waals surface area (Å²) in [5, 5.41) is 3.31. The van der Waals surface area contributed by atoms with Crippen molar-refractivity contribution in [3.05, 3.63) is 57.1 Å². The summed E-state index contributed by atoms with van der Waals surface area (Å²) in [5.74, 6) is 0.265. The fourth-order valence-electron chi connectivity index (χ4n) is 1.60. The second-order valence-electron chi connectivity index (χ2n) is 3.99. The summed E-state index contributed by atoms with van der Waals surface area (Å²) in [6.45, 7) is 2.35. The molecule has 2 N–H and O–H groups in total. The lowest BCUT2D eigenvalue weighted by Gasteiger charge is -2.06. The van der Waals surface area contributed by atoms with Crippen LogP contribution in [0.25, 0.3) is 0 Å². The van der Waals surface area contributed by atoms with Crippen LogP contribution in [0.2, 0.25) is 5.15 Å². The minimum absolute atomic E-state index is 0.245. The minimum atomic E-state index is -0.245. The average molecular weight is 264 g/mol. The number of nitrogens with zero attached hydrogens (tertiary/aromatic N) is 1. The zero-order chi connectivity index (χ0) is 13.0. The molecule has 5 heteroatoms. The third-order valence-electron chi connectivity index (χ3n) is 2.58. The first-order valence-corrected chi connectivity index (χ1v) is 6.09. The smallest absolute Gasteiger partial charge is 0.290 e. The topological polar surface area (TPSA) is 57.8 Å². The van der Waals surface area contributed by atoms with E-state index in [4.69, 9.17) is 11.6 Å². The number of aryl methyl sites for hydroxylation is 1. The monoisotopic (exact) mass is 263 g/mol. The third-order valence-corrected chi connectivity index (χ3v) is 2.95. The summed E-state index contributed by atoms with van der Waals surface area (Å²) in [5.41, 5.74) is 1.54. The molecule has 2 rings (SSSR count). The van der Waals surface area contributed by atoms with E-state index in [9.17, 15) is 4.79 Å². The summed E-state index contributed by atoms with van der Waals surface area (Å²) in [6.07, 6.45) is 0.827. The van der Waals surface area contributed by atoms with Gasteiger partial charge in [-0.3, -0.25) is 4.79 Å². The molecular formula is C13H14ClN3O. The molecular weight excluding hydrogens is 250 g/mol. The zero-order valence-corrected chi connectivity index (χ0v) is 10.8. The molecule has 18 heavy (non-hydrogen) atoms. The number of aromatic amines is 1. The van der Waals surface area contributed by atoms with Gasteiger partial charge in [-0.15, -0.1) is 0 Å². The molecule has 4 nitrogen and oxygen atoms in total. The van der Waals surface area contributed by atoms with Gasteiger partial charge in [0.15, 0.2) is 11.0 Å². The van der Waals surface area contributed by atoms with Crippen LogP contribution in [-0.4, -0.2) is 16.5 Å². The van der Waals surface area contributed by atoms with Gasteiger partial charge in [0.05, 0.1) is 5.69 Å². The SMILES string of the molecule is Cc1[nH]c(=O)c(NCCc2ccccc2)nc1Cl. The van der Waals surface area contributed by atoms with Gasteiger partial charge in [0.2, 0.25) is 0 Å². The maximum atomic E-state index is 11.6. The van der Waals surface area contributed by atoms with E-state index in [1.807, 2.05) is 30.3 Å². The Morgan fingerprint density at radius 2 is 2.06 bits per heavy atom. The van der Waals surface area contributed by atoms with Crippen molar-refractivity contribution in [3.63, 3.8) is 0 Å². The van der Waals surface area contributed by atoms with Crippen molar-refractivity contribution in [3.8, 4) is 0 Å². The zero-order valence-electron chi connectivity index (χ0n) is 10.0. The Hall–Kier alpha value is -1.81. The van der Waals surface area contributed by atoms with Gasteiger partial charge in [-0.05, 0) is 18.9 Å². The second-order valence-corrected chi connectivity index (χ2v) is 4.35. The quantitative estimate of drug-likeness (QED) is 0.891. The van der Waals surface area contributed by atoms with Crippen LogP contribution in [0, 0.1) is 6.92 Å². The highest BCUT2D eigenvalue weighted by Crippen LogP contribution is 2.08. The van der Waals surface area contributed by atoms with Gasteiger partial charge in [0, 0.05) is 6.54 Å². The predicted octanol–water partition coefficient (Wildman–Crippen LogP) is 2.39. The van der Waals surface area contributed by atoms with Gasteiger partial charge < -0.3 is 10.3 Å². The molecule has 0 saturated carbocycles. The van der Waals surface area contributed by atoms with Crippen LogP contribution in [0.3, 0.4) is 0 Å². The summed E-state index contributed by atoms with van der Waals surface area (Å²) < 4.78 is 0. The van der Waals surface area contributed by atoms with E-state index in [1.165, 1.54) is 5.56 Å². The van der Waals surface area contributed by atoms with Gasteiger partial charge in [0.25, 0.3) is 5.56 Å². The van der Waals surface area contributed by atoms with Crippen LogP contribution in [0.5, 0.6) is 0 Å². The van der Waals surface area contributed by atoms with Crippen molar-refractivity contribution in [2.75, 3.05) is 11.9 Å². The highest BCUT2D eigenvalue weighted by atomic mass is 35.5. The summed E-state index contributed by atoms with van der Waals surface area (Å²) >= 11 is 5.86. The van der Waals surface area contributed by atoms with E-state index in [0.717, 1.165) is 6.42 Å². The molecule has 0 radical (unpaired) electrons. The first-order chi connectivity index (χ1) is 8.66. The largest absolute Gasteiger partial charge is 0.365 e. The van der Waals surface area contributed by atoms with Crippen LogP contribution in [0.4, 0.5) is 5.82 Å². The Labute approximate surface area is 110 Å². The molecule has 0 bridgehead atoms. The molecule has 0 fully saturated rings. The molecule has 0 amide bonds. The first-order valence-electron chi connectivity index (χ1n) is 5.71. The summed E-state index contributed by atoms with van der Waals surface area (Å²) in [6, 6.07) is 10.0. The van der Waals surface area contributed by atoms with Gasteiger partial charge in [-0.1, -0.05) is 41.9 Å². The van der Waals surface area contributed by atoms with Crippen LogP contribution in [-0.2, 0) is 6.42 Å². The lowest BCUT2D eigenvalue weighted by molar-refractivity contribution is 0.979. The summed E-state index contributed by atoms with van der Waals surface area (Å²) in [7, 11) is 0. The predicted molar refractivity (Wildman–Crippen MR) is 73.2 cm³/mol. The maximum Gasteiger partial charge on any atom is 0.290 e. The van der Waals surface area contributed by atoms with E-state index in [0.29, 0.717) is 17.4 Å². The van der Waals surface area contributed by atoms with Gasteiger partial charge >= 0.3 is 0 Å². The number of H-pyrrole nitrogens is 1. The van der Waals surface area contributed by atoms with E-state index >= 15 is 0 Å². The van der Waals surface area contributed by atoms with Crippen LogP contribution in [0.1, 0.15) is 11.3 Å². The van der Waals surface area contributed by atoms with E-state index < -0.39 is 0 Å². The van der Waals surface area contributed by atoms with E-state index in [-0.39, 0.29) is 11.4 Å². The Bertz CT molecular complexity index is 581. The Morgan fingerprint density at radius 3 is 2.78 bits per heavy atom. The van der Waals surface area contributed by atoms with Crippen molar-refractivity contribution >= 4 is 17.4 Å². The van der Waals surface area contributed by atoms with Crippen molar-refractivity contribution in [2.24, 2.45) is 0 Å².